The lowest BCUT2D eigenvalue weighted by Crippen LogP contribution is -2.10. The van der Waals surface area contributed by atoms with Gasteiger partial charge in [-0.1, -0.05) is 23.7 Å². The number of aliphatic hydroxyl groups excluding tert-OH is 1. The van der Waals surface area contributed by atoms with E-state index in [2.05, 4.69) is 19.9 Å². The third kappa shape index (κ3) is 4.83. The largest absolute Gasteiger partial charge is 0.493 e. The molecule has 10 heteroatoms. The molecule has 1 N–H and O–H groups in total. The molecule has 3 aromatic rings. The molecule has 0 radical (unpaired) electrons. The van der Waals surface area contributed by atoms with E-state index in [-0.39, 0.29) is 41.6 Å². The third-order valence-electron chi connectivity index (χ3n) is 3.40. The van der Waals surface area contributed by atoms with Crippen molar-refractivity contribution in [3.8, 4) is 34.8 Å². The zero-order valence-corrected chi connectivity index (χ0v) is 15.7. The molecule has 0 aliphatic carbocycles. The van der Waals surface area contributed by atoms with Gasteiger partial charge in [-0.25, -0.2) is 15.0 Å². The Hall–Kier alpha value is -3.01. The number of rotatable bonds is 9. The Morgan fingerprint density at radius 1 is 0.964 bits per heavy atom. The van der Waals surface area contributed by atoms with E-state index in [9.17, 15) is 0 Å². The second kappa shape index (κ2) is 9.79. The van der Waals surface area contributed by atoms with Crippen LogP contribution in [0.5, 0.6) is 23.1 Å². The summed E-state index contributed by atoms with van der Waals surface area (Å²) in [7, 11) is 1.53. The highest BCUT2D eigenvalue weighted by Crippen LogP contribution is 2.40. The van der Waals surface area contributed by atoms with Crippen LogP contribution in [0.15, 0.2) is 42.7 Å². The quantitative estimate of drug-likeness (QED) is 0.327. The molecule has 0 aliphatic rings. The fraction of sp³-hybridized carbons (Fsp3) is 0.222. The molecule has 0 bridgehead atoms. The van der Waals surface area contributed by atoms with E-state index in [0.29, 0.717) is 11.5 Å². The van der Waals surface area contributed by atoms with Crippen LogP contribution in [0.4, 0.5) is 0 Å². The first-order valence-corrected chi connectivity index (χ1v) is 8.58. The van der Waals surface area contributed by atoms with Gasteiger partial charge in [-0.3, -0.25) is 0 Å². The monoisotopic (exact) mass is 404 g/mol. The van der Waals surface area contributed by atoms with Crippen LogP contribution in [0, 0.1) is 0 Å². The molecule has 2 aromatic heterocycles. The van der Waals surface area contributed by atoms with Crippen molar-refractivity contribution >= 4 is 11.6 Å². The van der Waals surface area contributed by atoms with Gasteiger partial charge in [0, 0.05) is 12.4 Å². The van der Waals surface area contributed by atoms with E-state index in [4.69, 9.17) is 35.7 Å². The van der Waals surface area contributed by atoms with Crippen LogP contribution < -0.4 is 14.2 Å². The molecule has 3 rings (SSSR count). The average molecular weight is 405 g/mol. The molecule has 2 heterocycles. The summed E-state index contributed by atoms with van der Waals surface area (Å²) in [6.07, 6.45) is 3.13. The fourth-order valence-electron chi connectivity index (χ4n) is 2.18. The van der Waals surface area contributed by atoms with Gasteiger partial charge < -0.3 is 24.1 Å². The molecule has 0 saturated carbocycles. The standard InChI is InChI=1S/C18H17ClN4O5/c1-25-12-5-2-3-6-13(12)28-14-15(19)22-17(16-20-7-4-8-21-16)23-18(14)27-10-9-26-11-24/h2-8,24H,9-11H2,1H3. The normalized spacial score (nSPS) is 10.5. The minimum absolute atomic E-state index is 0.0152. The molecule has 0 spiro atoms. The molecule has 9 nitrogen and oxygen atoms in total. The Morgan fingerprint density at radius 3 is 2.43 bits per heavy atom. The summed E-state index contributed by atoms with van der Waals surface area (Å²) in [5.41, 5.74) is 0. The Kier molecular flexibility index (Phi) is 6.90. The van der Waals surface area contributed by atoms with Crippen LogP contribution in [-0.2, 0) is 4.74 Å². The number of aromatic nitrogens is 4. The van der Waals surface area contributed by atoms with Crippen molar-refractivity contribution < 1.29 is 24.1 Å². The number of ether oxygens (including phenoxy) is 4. The Balaban J connectivity index is 1.97. The number of para-hydroxylation sites is 2. The van der Waals surface area contributed by atoms with Crippen molar-refractivity contribution in [2.75, 3.05) is 27.1 Å². The summed E-state index contributed by atoms with van der Waals surface area (Å²) in [6, 6.07) is 8.72. The van der Waals surface area contributed by atoms with Gasteiger partial charge in [0.05, 0.1) is 13.7 Å². The molecule has 28 heavy (non-hydrogen) atoms. The highest BCUT2D eigenvalue weighted by Gasteiger charge is 2.20. The lowest BCUT2D eigenvalue weighted by Gasteiger charge is -2.15. The van der Waals surface area contributed by atoms with E-state index in [1.807, 2.05) is 6.07 Å². The number of nitrogens with zero attached hydrogens (tertiary/aromatic N) is 4. The van der Waals surface area contributed by atoms with E-state index < -0.39 is 6.79 Å². The second-order valence-corrected chi connectivity index (χ2v) is 5.54. The van der Waals surface area contributed by atoms with Crippen LogP contribution in [-0.4, -0.2) is 52.2 Å². The predicted molar refractivity (Wildman–Crippen MR) is 99.7 cm³/mol. The van der Waals surface area contributed by atoms with E-state index in [0.717, 1.165) is 0 Å². The minimum Gasteiger partial charge on any atom is -0.493 e. The maximum Gasteiger partial charge on any atom is 0.263 e. The summed E-state index contributed by atoms with van der Waals surface area (Å²) < 4.78 is 21.7. The molecular formula is C18H17ClN4O5. The van der Waals surface area contributed by atoms with Gasteiger partial charge in [0.2, 0.25) is 11.6 Å². The molecule has 0 aliphatic heterocycles. The van der Waals surface area contributed by atoms with Gasteiger partial charge >= 0.3 is 0 Å². The molecule has 146 valence electrons. The van der Waals surface area contributed by atoms with Gasteiger partial charge in [-0.05, 0) is 18.2 Å². The molecule has 1 aromatic carbocycles. The lowest BCUT2D eigenvalue weighted by atomic mass is 10.3. The summed E-state index contributed by atoms with van der Waals surface area (Å²) in [6.45, 7) is -0.170. The van der Waals surface area contributed by atoms with Crippen LogP contribution in [0.3, 0.4) is 0 Å². The maximum atomic E-state index is 8.73. The fourth-order valence-corrected chi connectivity index (χ4v) is 2.38. The van der Waals surface area contributed by atoms with Gasteiger partial charge in [0.1, 0.15) is 13.4 Å². The van der Waals surface area contributed by atoms with Gasteiger partial charge in [-0.15, -0.1) is 0 Å². The number of benzene rings is 1. The Bertz CT molecular complexity index is 914. The molecule has 0 unspecified atom stereocenters. The van der Waals surface area contributed by atoms with E-state index in [1.54, 1.807) is 36.7 Å². The van der Waals surface area contributed by atoms with Crippen molar-refractivity contribution in [3.05, 3.63) is 47.9 Å². The molecule has 0 atom stereocenters. The third-order valence-corrected chi connectivity index (χ3v) is 3.65. The smallest absolute Gasteiger partial charge is 0.263 e. The van der Waals surface area contributed by atoms with Crippen molar-refractivity contribution in [2.45, 2.75) is 0 Å². The van der Waals surface area contributed by atoms with Crippen LogP contribution >= 0.6 is 11.6 Å². The predicted octanol–water partition coefficient (Wildman–Crippen LogP) is 2.73. The topological polar surface area (TPSA) is 109 Å². The summed E-state index contributed by atoms with van der Waals surface area (Å²) >= 11 is 6.35. The first-order valence-electron chi connectivity index (χ1n) is 8.20. The second-order valence-electron chi connectivity index (χ2n) is 5.18. The highest BCUT2D eigenvalue weighted by molar-refractivity contribution is 6.31. The average Bonchev–Trinajstić information content (AvgIpc) is 2.74. The number of halogens is 1. The maximum absolute atomic E-state index is 8.73. The number of hydrogen-bond acceptors (Lipinski definition) is 9. The first-order chi connectivity index (χ1) is 13.7. The van der Waals surface area contributed by atoms with Crippen LogP contribution in [0.1, 0.15) is 0 Å². The van der Waals surface area contributed by atoms with Gasteiger partial charge in [0.15, 0.2) is 22.5 Å². The Labute approximate surface area is 165 Å². The zero-order valence-electron chi connectivity index (χ0n) is 14.9. The van der Waals surface area contributed by atoms with Crippen molar-refractivity contribution in [3.63, 3.8) is 0 Å². The Morgan fingerprint density at radius 2 is 1.71 bits per heavy atom. The number of methoxy groups -OCH3 is 1. The minimum atomic E-state index is -0.415. The van der Waals surface area contributed by atoms with E-state index >= 15 is 0 Å². The van der Waals surface area contributed by atoms with Crippen LogP contribution in [0.25, 0.3) is 11.6 Å². The first kappa shape index (κ1) is 19.7. The number of hydrogen-bond donors (Lipinski definition) is 1. The zero-order chi connectivity index (χ0) is 19.8. The van der Waals surface area contributed by atoms with Crippen molar-refractivity contribution in [2.24, 2.45) is 0 Å². The van der Waals surface area contributed by atoms with E-state index in [1.165, 1.54) is 7.11 Å². The van der Waals surface area contributed by atoms with Crippen molar-refractivity contribution in [1.29, 1.82) is 0 Å². The van der Waals surface area contributed by atoms with Gasteiger partial charge in [0.25, 0.3) is 5.88 Å². The molecule has 0 fully saturated rings. The summed E-state index contributed by atoms with van der Waals surface area (Å²) in [5, 5.41) is 8.74. The highest BCUT2D eigenvalue weighted by atomic mass is 35.5. The summed E-state index contributed by atoms with van der Waals surface area (Å²) in [5.74, 6) is 1.56. The lowest BCUT2D eigenvalue weighted by molar-refractivity contribution is -0.0132. The van der Waals surface area contributed by atoms with Crippen molar-refractivity contribution in [1.82, 2.24) is 19.9 Å². The molecule has 0 saturated heterocycles. The number of aliphatic hydroxyl groups is 1. The molecular weight excluding hydrogens is 388 g/mol. The van der Waals surface area contributed by atoms with Gasteiger partial charge in [-0.2, -0.15) is 4.98 Å². The summed E-state index contributed by atoms with van der Waals surface area (Å²) in [4.78, 5) is 16.8. The SMILES string of the molecule is COc1ccccc1Oc1c(Cl)nc(-c2ncccn2)nc1OCCOCO. The van der Waals surface area contributed by atoms with Crippen LogP contribution in [0.2, 0.25) is 5.15 Å². The molecule has 0 amide bonds.